The molecule has 1 aliphatic heterocycles. The van der Waals surface area contributed by atoms with E-state index in [0.717, 1.165) is 14.2 Å². The Bertz CT molecular complexity index is 1410. The van der Waals surface area contributed by atoms with Gasteiger partial charge >= 0.3 is 6.18 Å². The maximum Gasteiger partial charge on any atom is 0.413 e. The lowest BCUT2D eigenvalue weighted by atomic mass is 9.93. The van der Waals surface area contributed by atoms with Gasteiger partial charge in [0.15, 0.2) is 6.04 Å². The van der Waals surface area contributed by atoms with E-state index in [4.69, 9.17) is 9.84 Å². The zero-order valence-electron chi connectivity index (χ0n) is 23.0. The Balaban J connectivity index is 1.57. The lowest BCUT2D eigenvalue weighted by molar-refractivity contribution is -0.191. The van der Waals surface area contributed by atoms with Crippen LogP contribution in [0.2, 0.25) is 0 Å². The number of likely N-dealkylation sites (tertiary alicyclic amines) is 1. The zero-order chi connectivity index (χ0) is 30.8. The average Bonchev–Trinajstić information content (AvgIpc) is 3.34. The number of pyridine rings is 1. The fourth-order valence-corrected chi connectivity index (χ4v) is 5.94. The minimum absolute atomic E-state index is 0.0798. The number of benzene rings is 1. The predicted octanol–water partition coefficient (Wildman–Crippen LogP) is 4.99. The van der Waals surface area contributed by atoms with E-state index >= 15 is 0 Å². The summed E-state index contributed by atoms with van der Waals surface area (Å²) in [6.45, 7) is 1.38. The number of alkyl halides is 5. The highest BCUT2D eigenvalue weighted by Gasteiger charge is 2.46. The molecular weight excluding hydrogens is 585 g/mol. The molecule has 2 amide bonds. The number of amides is 2. The van der Waals surface area contributed by atoms with Crippen LogP contribution in [0.15, 0.2) is 30.5 Å². The largest absolute Gasteiger partial charge is 0.413 e. The molecule has 3 heterocycles. The van der Waals surface area contributed by atoms with E-state index in [1.54, 1.807) is 6.92 Å². The second kappa shape index (κ2) is 12.8. The molecule has 1 unspecified atom stereocenters. The van der Waals surface area contributed by atoms with Crippen LogP contribution in [0.5, 0.6) is 0 Å². The molecule has 0 radical (unpaired) electrons. The average molecular weight is 616 g/mol. The molecule has 2 aromatic heterocycles. The number of methoxy groups -OCH3 is 1. The van der Waals surface area contributed by atoms with E-state index in [1.807, 2.05) is 0 Å². The van der Waals surface area contributed by atoms with Crippen LogP contribution in [0, 0.1) is 12.8 Å². The zero-order valence-corrected chi connectivity index (χ0v) is 23.8. The van der Waals surface area contributed by atoms with Gasteiger partial charge in [0.1, 0.15) is 23.1 Å². The van der Waals surface area contributed by atoms with E-state index in [9.17, 15) is 31.5 Å². The number of fused-ring (bicyclic) bond motifs is 1. The van der Waals surface area contributed by atoms with Gasteiger partial charge in [0, 0.05) is 44.4 Å². The molecule has 0 spiro atoms. The number of hydrogen-bond donors (Lipinski definition) is 2. The smallest absolute Gasteiger partial charge is 0.387 e. The number of aromatic nitrogens is 2. The number of halogens is 5. The Morgan fingerprint density at radius 1 is 1.21 bits per heavy atom. The summed E-state index contributed by atoms with van der Waals surface area (Å²) in [5.74, 6) is -1.90. The third-order valence-electron chi connectivity index (χ3n) is 7.22. The normalized spacial score (nSPS) is 16.1. The van der Waals surface area contributed by atoms with Crippen molar-refractivity contribution in [2.24, 2.45) is 5.92 Å². The van der Waals surface area contributed by atoms with E-state index in [0.29, 0.717) is 20.4 Å². The quantitative estimate of drug-likeness (QED) is 0.327. The van der Waals surface area contributed by atoms with Gasteiger partial charge in [-0.25, -0.2) is 18.7 Å². The summed E-state index contributed by atoms with van der Waals surface area (Å²) >= 11 is 1.23. The van der Waals surface area contributed by atoms with Crippen molar-refractivity contribution in [1.29, 1.82) is 0 Å². The molecule has 3 aromatic rings. The van der Waals surface area contributed by atoms with Crippen LogP contribution in [0.25, 0.3) is 10.3 Å². The van der Waals surface area contributed by atoms with Crippen molar-refractivity contribution >= 4 is 44.9 Å². The molecule has 0 saturated carbocycles. The number of aliphatic hydroxyl groups excluding tert-OH is 1. The minimum Gasteiger partial charge on any atom is -0.387 e. The first kappa shape index (κ1) is 31.5. The number of thiazole rings is 1. The minimum atomic E-state index is -4.79. The molecule has 1 fully saturated rings. The number of piperidine rings is 1. The van der Waals surface area contributed by atoms with Crippen molar-refractivity contribution in [1.82, 2.24) is 19.8 Å². The Morgan fingerprint density at radius 3 is 2.40 bits per heavy atom. The molecule has 2 atom stereocenters. The van der Waals surface area contributed by atoms with Crippen molar-refractivity contribution < 1.29 is 41.4 Å². The summed E-state index contributed by atoms with van der Waals surface area (Å²) in [6.07, 6.45) is -7.58. The number of nitrogens with zero attached hydrogens (tertiary/aromatic N) is 4. The van der Waals surface area contributed by atoms with Crippen molar-refractivity contribution in [3.63, 3.8) is 0 Å². The summed E-state index contributed by atoms with van der Waals surface area (Å²) < 4.78 is 75.6. The van der Waals surface area contributed by atoms with E-state index in [-0.39, 0.29) is 48.3 Å². The second-order valence-corrected chi connectivity index (χ2v) is 11.1. The van der Waals surface area contributed by atoms with Crippen molar-refractivity contribution in [2.75, 3.05) is 39.2 Å². The molecule has 15 heteroatoms. The summed E-state index contributed by atoms with van der Waals surface area (Å²) in [7, 11) is 2.24. The Hall–Kier alpha value is -3.43. The van der Waals surface area contributed by atoms with Crippen molar-refractivity contribution in [2.45, 2.75) is 44.5 Å². The van der Waals surface area contributed by atoms with Gasteiger partial charge in [-0.3, -0.25) is 9.59 Å². The first-order chi connectivity index (χ1) is 19.8. The standard InChI is InChI=1S/C27H30F5N5O4S/c1-14-34-21-20(22(41-3)24(28)29)18(12-33-25(21)42-14)35-17-6-4-15(5-7-17)23(27(30,31)32)36(2)26(40)16-8-10-37(11-9-16)19(39)13-38/h4-7,12,16,22-24,35,38H,8-11,13H2,1-3H3/t22?,23-/m0/s1. The van der Waals surface area contributed by atoms with Gasteiger partial charge in [0.05, 0.1) is 16.9 Å². The summed E-state index contributed by atoms with van der Waals surface area (Å²) in [5.41, 5.74) is 0.598. The molecule has 4 rings (SSSR count). The number of aryl methyl sites for hydroxylation is 1. The monoisotopic (exact) mass is 615 g/mol. The molecule has 0 aliphatic carbocycles. The van der Waals surface area contributed by atoms with Crippen LogP contribution >= 0.6 is 11.3 Å². The Morgan fingerprint density at radius 2 is 1.86 bits per heavy atom. The topological polar surface area (TPSA) is 108 Å². The first-order valence-corrected chi connectivity index (χ1v) is 13.8. The number of anilines is 2. The van der Waals surface area contributed by atoms with Gasteiger partial charge in [-0.2, -0.15) is 13.2 Å². The van der Waals surface area contributed by atoms with Crippen LogP contribution in [0.1, 0.15) is 41.1 Å². The fourth-order valence-electron chi connectivity index (χ4n) is 5.16. The number of nitrogens with one attached hydrogen (secondary N) is 1. The number of carbonyl (C=O) groups excluding carboxylic acids is 2. The van der Waals surface area contributed by atoms with Gasteiger partial charge in [0.2, 0.25) is 11.8 Å². The lowest BCUT2D eigenvalue weighted by Gasteiger charge is -2.36. The number of rotatable bonds is 9. The highest BCUT2D eigenvalue weighted by molar-refractivity contribution is 7.18. The molecular formula is C27H30F5N5O4S. The number of ether oxygens (including phenoxy) is 1. The number of carbonyl (C=O) groups is 2. The fraction of sp³-hybridized carbons (Fsp3) is 0.481. The molecule has 1 aromatic carbocycles. The molecule has 1 aliphatic rings. The molecule has 1 saturated heterocycles. The Kier molecular flexibility index (Phi) is 9.63. The summed E-state index contributed by atoms with van der Waals surface area (Å²) in [6, 6.07) is 2.91. The maximum atomic E-state index is 14.3. The number of aliphatic hydroxyl groups is 1. The first-order valence-electron chi connectivity index (χ1n) is 13.0. The van der Waals surface area contributed by atoms with Gasteiger partial charge < -0.3 is 25.0 Å². The second-order valence-electron chi connectivity index (χ2n) is 9.92. The highest BCUT2D eigenvalue weighted by Crippen LogP contribution is 2.40. The summed E-state index contributed by atoms with van der Waals surface area (Å²) in [4.78, 5) is 35.9. The molecule has 42 heavy (non-hydrogen) atoms. The van der Waals surface area contributed by atoms with Crippen LogP contribution in [-0.4, -0.2) is 83.1 Å². The highest BCUT2D eigenvalue weighted by atomic mass is 32.1. The van der Waals surface area contributed by atoms with Crippen LogP contribution in [0.3, 0.4) is 0 Å². The SMILES string of the molecule is COC(c1c(Nc2ccc([C@H](N(C)C(=O)C3CCN(C(=O)CO)CC3)C(F)(F)F)cc2)cnc2sc(C)nc12)C(F)F. The van der Waals surface area contributed by atoms with Crippen molar-refractivity contribution in [3.8, 4) is 0 Å². The molecule has 228 valence electrons. The molecule has 2 N–H and O–H groups in total. The van der Waals surface area contributed by atoms with Crippen molar-refractivity contribution in [3.05, 3.63) is 46.6 Å². The van der Waals surface area contributed by atoms with Gasteiger partial charge in [0.25, 0.3) is 6.43 Å². The van der Waals surface area contributed by atoms with E-state index in [2.05, 4.69) is 15.3 Å². The molecule has 9 nitrogen and oxygen atoms in total. The van der Waals surface area contributed by atoms with E-state index < -0.39 is 49.1 Å². The van der Waals surface area contributed by atoms with Crippen LogP contribution in [0.4, 0.5) is 33.3 Å². The summed E-state index contributed by atoms with van der Waals surface area (Å²) in [5, 5.41) is 12.6. The van der Waals surface area contributed by atoms with Crippen LogP contribution < -0.4 is 5.32 Å². The predicted molar refractivity (Wildman–Crippen MR) is 146 cm³/mol. The third-order valence-corrected chi connectivity index (χ3v) is 8.10. The third kappa shape index (κ3) is 6.63. The maximum absolute atomic E-state index is 14.3. The van der Waals surface area contributed by atoms with Gasteiger partial charge in [-0.15, -0.1) is 0 Å². The van der Waals surface area contributed by atoms with Gasteiger partial charge in [-0.1, -0.05) is 23.5 Å². The van der Waals surface area contributed by atoms with E-state index in [1.165, 1.54) is 46.7 Å². The molecule has 0 bridgehead atoms. The Labute approximate surface area is 242 Å². The van der Waals surface area contributed by atoms with Gasteiger partial charge in [-0.05, 0) is 37.5 Å². The lowest BCUT2D eigenvalue weighted by Crippen LogP contribution is -2.47. The van der Waals surface area contributed by atoms with Crippen LogP contribution in [-0.2, 0) is 14.3 Å². The number of hydrogen-bond acceptors (Lipinski definition) is 8.